The highest BCUT2D eigenvalue weighted by molar-refractivity contribution is 7.93. The molecule has 4 rings (SSSR count). The van der Waals surface area contributed by atoms with E-state index in [1.165, 1.54) is 101 Å². The Kier molecular flexibility index (Phi) is 12.8. The molecule has 18 heteroatoms. The maximum absolute atomic E-state index is 12.5. The molecule has 0 aromatic heterocycles. The Labute approximate surface area is 291 Å². The first kappa shape index (κ1) is 38.0. The summed E-state index contributed by atoms with van der Waals surface area (Å²) in [6.45, 7) is 0. The summed E-state index contributed by atoms with van der Waals surface area (Å²) in [6, 6.07) is 16.1. The lowest BCUT2D eigenvalue weighted by atomic mass is 10.1. The van der Waals surface area contributed by atoms with Crippen molar-refractivity contribution in [2.24, 2.45) is 0 Å². The predicted molar refractivity (Wildman–Crippen MR) is 181 cm³/mol. The fourth-order valence-corrected chi connectivity index (χ4v) is 6.45. The lowest BCUT2D eigenvalue weighted by Gasteiger charge is -2.15. The van der Waals surface area contributed by atoms with Crippen LogP contribution in [0.3, 0.4) is 0 Å². The average molecular weight is 762 g/mol. The zero-order chi connectivity index (χ0) is 35.8. The number of methoxy groups -OCH3 is 4. The molecule has 13 nitrogen and oxygen atoms in total. The molecule has 0 unspecified atom stereocenters. The number of ether oxygens (including phenoxy) is 4. The number of carbonyl (C=O) groups excluding carboxylic acids is 1. The van der Waals surface area contributed by atoms with Gasteiger partial charge in [-0.15, -0.1) is 0 Å². The number of nitrogens with one attached hydrogen (secondary N) is 2. The molecule has 0 aliphatic heterocycles. The van der Waals surface area contributed by atoms with Crippen LogP contribution in [0.5, 0.6) is 23.0 Å². The van der Waals surface area contributed by atoms with E-state index in [1.54, 1.807) is 0 Å². The number of hydrogen-bond acceptors (Lipinski definition) is 10. The number of carboxylic acid groups (broad SMARTS) is 1. The molecule has 48 heavy (non-hydrogen) atoms. The molecule has 0 heterocycles. The summed E-state index contributed by atoms with van der Waals surface area (Å²) in [5.41, 5.74) is -0.505. The van der Waals surface area contributed by atoms with Crippen LogP contribution in [0.4, 0.5) is 11.4 Å². The summed E-state index contributed by atoms with van der Waals surface area (Å²) < 4.78 is 74.6. The molecule has 3 N–H and O–H groups in total. The van der Waals surface area contributed by atoms with Crippen molar-refractivity contribution >= 4 is 77.4 Å². The first-order valence-corrected chi connectivity index (χ1v) is 17.2. The van der Waals surface area contributed by atoms with Gasteiger partial charge in [0.05, 0.1) is 60.7 Å². The zero-order valence-corrected chi connectivity index (χ0v) is 29.3. The molecular formula is C30H27Cl3N2O11S2. The molecule has 256 valence electrons. The lowest BCUT2D eigenvalue weighted by molar-refractivity contribution is 0.0697. The van der Waals surface area contributed by atoms with Gasteiger partial charge in [0.1, 0.15) is 0 Å². The molecule has 0 saturated heterocycles. The van der Waals surface area contributed by atoms with Crippen molar-refractivity contribution < 1.29 is 50.5 Å². The van der Waals surface area contributed by atoms with Gasteiger partial charge in [0, 0.05) is 28.2 Å². The van der Waals surface area contributed by atoms with Gasteiger partial charge in [0.2, 0.25) is 0 Å². The number of carbonyl (C=O) groups is 2. The SMILES string of the molecule is COc1cc(NS(=O)(=O)c2ccc(Cl)cc2)c(C(=O)Cl)cc1OC.COc1cc(NS(=O)(=O)c2ccc(Cl)cc2)c(C(=O)O)cc1OC. The second-order valence-electron chi connectivity index (χ2n) is 9.20. The van der Waals surface area contributed by atoms with E-state index in [0.717, 1.165) is 0 Å². The Morgan fingerprint density at radius 2 is 0.896 bits per heavy atom. The van der Waals surface area contributed by atoms with Gasteiger partial charge in [-0.1, -0.05) is 23.2 Å². The van der Waals surface area contributed by atoms with Gasteiger partial charge in [-0.3, -0.25) is 14.2 Å². The number of carboxylic acids is 1. The van der Waals surface area contributed by atoms with Gasteiger partial charge in [-0.2, -0.15) is 0 Å². The highest BCUT2D eigenvalue weighted by Crippen LogP contribution is 2.36. The van der Waals surface area contributed by atoms with Crippen LogP contribution in [0.1, 0.15) is 20.7 Å². The van der Waals surface area contributed by atoms with E-state index < -0.39 is 31.3 Å². The van der Waals surface area contributed by atoms with E-state index in [2.05, 4.69) is 9.44 Å². The number of anilines is 2. The fraction of sp³-hybridized carbons (Fsp3) is 0.133. The number of halogens is 3. The maximum Gasteiger partial charge on any atom is 0.337 e. The second kappa shape index (κ2) is 16.1. The number of sulfonamides is 2. The molecule has 0 bridgehead atoms. The van der Waals surface area contributed by atoms with Gasteiger partial charge in [-0.25, -0.2) is 21.6 Å². The molecule has 0 radical (unpaired) electrons. The summed E-state index contributed by atoms with van der Waals surface area (Å²) in [5, 5.41) is 9.24. The second-order valence-corrected chi connectivity index (χ2v) is 13.8. The average Bonchev–Trinajstić information content (AvgIpc) is 3.04. The summed E-state index contributed by atoms with van der Waals surface area (Å²) in [5.74, 6) is -0.464. The minimum Gasteiger partial charge on any atom is -0.493 e. The molecule has 0 spiro atoms. The van der Waals surface area contributed by atoms with Gasteiger partial charge in [-0.05, 0) is 66.2 Å². The van der Waals surface area contributed by atoms with Crippen molar-refractivity contribution in [1.29, 1.82) is 0 Å². The molecule has 0 atom stereocenters. The first-order valence-electron chi connectivity index (χ1n) is 13.1. The van der Waals surface area contributed by atoms with Crippen molar-refractivity contribution in [2.45, 2.75) is 9.79 Å². The Morgan fingerprint density at radius 1 is 0.583 bits per heavy atom. The van der Waals surface area contributed by atoms with Gasteiger partial charge >= 0.3 is 5.97 Å². The fourth-order valence-electron chi connectivity index (χ4n) is 3.90. The van der Waals surface area contributed by atoms with E-state index in [0.29, 0.717) is 10.0 Å². The van der Waals surface area contributed by atoms with Gasteiger partial charge < -0.3 is 24.1 Å². The number of hydrogen-bond donors (Lipinski definition) is 3. The van der Waals surface area contributed by atoms with Crippen molar-refractivity contribution in [3.8, 4) is 23.0 Å². The molecule has 0 aliphatic carbocycles. The number of rotatable bonds is 12. The molecule has 4 aromatic carbocycles. The monoisotopic (exact) mass is 760 g/mol. The predicted octanol–water partition coefficient (Wildman–Crippen LogP) is 6.39. The Bertz CT molecular complexity index is 1880. The smallest absolute Gasteiger partial charge is 0.337 e. The minimum atomic E-state index is -4.00. The highest BCUT2D eigenvalue weighted by Gasteiger charge is 2.23. The zero-order valence-electron chi connectivity index (χ0n) is 25.4. The van der Waals surface area contributed by atoms with Crippen LogP contribution < -0.4 is 28.4 Å². The largest absolute Gasteiger partial charge is 0.493 e. The van der Waals surface area contributed by atoms with Gasteiger partial charge in [0.25, 0.3) is 25.3 Å². The van der Waals surface area contributed by atoms with Gasteiger partial charge in [0.15, 0.2) is 23.0 Å². The standard InChI is InChI=1S/C15H13Cl2NO5S.C15H14ClNO6S/c1-22-13-7-11(15(17)19)12(8-14(13)23-2)18-24(20,21)10-5-3-9(16)4-6-10;1-22-13-7-11(15(18)19)12(8-14(13)23-2)17-24(20,21)10-5-3-9(16)4-6-10/h3-8,18H,1-2H3;3-8,17H,1-2H3,(H,18,19). The molecule has 0 amide bonds. The first-order chi connectivity index (χ1) is 22.6. The third kappa shape index (κ3) is 9.35. The van der Waals surface area contributed by atoms with E-state index in [9.17, 15) is 31.5 Å². The van der Waals surface area contributed by atoms with Crippen molar-refractivity contribution in [3.63, 3.8) is 0 Å². The Balaban J connectivity index is 0.000000260. The molecule has 0 aliphatic rings. The van der Waals surface area contributed by atoms with E-state index in [1.807, 2.05) is 0 Å². The summed E-state index contributed by atoms with van der Waals surface area (Å²) in [4.78, 5) is 22.9. The van der Waals surface area contributed by atoms with Crippen LogP contribution in [-0.4, -0.2) is 61.6 Å². The summed E-state index contributed by atoms with van der Waals surface area (Å²) in [6.07, 6.45) is 0. The Hall–Kier alpha value is -4.41. The maximum atomic E-state index is 12.5. The van der Waals surface area contributed by atoms with Crippen LogP contribution in [0.2, 0.25) is 10.0 Å². The van der Waals surface area contributed by atoms with Crippen LogP contribution in [0.25, 0.3) is 0 Å². The normalized spacial score (nSPS) is 11.0. The molecular weight excluding hydrogens is 735 g/mol. The summed E-state index contributed by atoms with van der Waals surface area (Å²) in [7, 11) is -2.47. The van der Waals surface area contributed by atoms with Crippen molar-refractivity contribution in [1.82, 2.24) is 0 Å². The van der Waals surface area contributed by atoms with E-state index in [4.69, 9.17) is 53.8 Å². The molecule has 0 saturated carbocycles. The van der Waals surface area contributed by atoms with Crippen LogP contribution >= 0.6 is 34.8 Å². The van der Waals surface area contributed by atoms with E-state index in [-0.39, 0.29) is 55.3 Å². The molecule has 4 aromatic rings. The topological polar surface area (TPSA) is 184 Å². The number of benzene rings is 4. The third-order valence-corrected chi connectivity index (χ3v) is 9.70. The van der Waals surface area contributed by atoms with E-state index >= 15 is 0 Å². The highest BCUT2D eigenvalue weighted by atomic mass is 35.5. The minimum absolute atomic E-state index is 0.0188. The van der Waals surface area contributed by atoms with Crippen LogP contribution in [0.15, 0.2) is 82.6 Å². The van der Waals surface area contributed by atoms with Crippen LogP contribution in [0, 0.1) is 0 Å². The lowest BCUT2D eigenvalue weighted by Crippen LogP contribution is -2.16. The third-order valence-electron chi connectivity index (χ3n) is 6.23. The van der Waals surface area contributed by atoms with Crippen molar-refractivity contribution in [3.05, 3.63) is 94.0 Å². The quantitative estimate of drug-likeness (QED) is 0.136. The molecule has 0 fully saturated rings. The van der Waals surface area contributed by atoms with Crippen LogP contribution in [-0.2, 0) is 20.0 Å². The number of aromatic carboxylic acids is 1. The van der Waals surface area contributed by atoms with Crippen molar-refractivity contribution in [2.75, 3.05) is 37.9 Å². The Morgan fingerprint density at radius 3 is 1.21 bits per heavy atom. The summed E-state index contributed by atoms with van der Waals surface area (Å²) >= 11 is 17.0.